The van der Waals surface area contributed by atoms with Gasteiger partial charge in [0.05, 0.1) is 12.5 Å². The predicted molar refractivity (Wildman–Crippen MR) is 117 cm³/mol. The highest BCUT2D eigenvalue weighted by Crippen LogP contribution is 2.43. The molecule has 2 aliphatic heterocycles. The average molecular weight is 442 g/mol. The fraction of sp³-hybridized carbons (Fsp3) is 0.583. The van der Waals surface area contributed by atoms with Crippen LogP contribution < -0.4 is 15.4 Å². The summed E-state index contributed by atoms with van der Waals surface area (Å²) in [7, 11) is 1.56. The van der Waals surface area contributed by atoms with Gasteiger partial charge in [-0.1, -0.05) is 25.0 Å². The molecule has 0 unspecified atom stereocenters. The minimum Gasteiger partial charge on any atom is -0.497 e. The van der Waals surface area contributed by atoms with Gasteiger partial charge in [0.1, 0.15) is 11.8 Å². The van der Waals surface area contributed by atoms with E-state index in [2.05, 4.69) is 10.6 Å². The molecule has 4 rings (SSSR count). The van der Waals surface area contributed by atoms with Crippen LogP contribution in [0.4, 0.5) is 0 Å². The zero-order valence-electron chi connectivity index (χ0n) is 18.5. The van der Waals surface area contributed by atoms with E-state index in [9.17, 15) is 19.2 Å². The number of hydrogen-bond donors (Lipinski definition) is 2. The van der Waals surface area contributed by atoms with Crippen LogP contribution in [-0.2, 0) is 24.6 Å². The van der Waals surface area contributed by atoms with Crippen molar-refractivity contribution in [1.82, 2.24) is 15.5 Å². The summed E-state index contributed by atoms with van der Waals surface area (Å²) in [6, 6.07) is 6.29. The van der Waals surface area contributed by atoms with Crippen molar-refractivity contribution in [2.24, 2.45) is 0 Å². The van der Waals surface area contributed by atoms with Gasteiger partial charge in [-0.25, -0.2) is 0 Å². The largest absolute Gasteiger partial charge is 0.497 e. The van der Waals surface area contributed by atoms with Crippen LogP contribution in [-0.4, -0.2) is 54.3 Å². The van der Waals surface area contributed by atoms with Crippen LogP contribution in [0.15, 0.2) is 24.3 Å². The lowest BCUT2D eigenvalue weighted by molar-refractivity contribution is -0.143. The lowest BCUT2D eigenvalue weighted by atomic mass is 9.75. The molecule has 8 heteroatoms. The van der Waals surface area contributed by atoms with Crippen LogP contribution in [0, 0.1) is 0 Å². The monoisotopic (exact) mass is 441 g/mol. The first kappa shape index (κ1) is 22.3. The molecular formula is C24H31N3O5. The number of likely N-dealkylation sites (tertiary alicyclic amines) is 1. The predicted octanol–water partition coefficient (Wildman–Crippen LogP) is 1.81. The van der Waals surface area contributed by atoms with E-state index in [0.29, 0.717) is 24.3 Å². The van der Waals surface area contributed by atoms with Gasteiger partial charge in [-0.2, -0.15) is 0 Å². The van der Waals surface area contributed by atoms with E-state index >= 15 is 0 Å². The summed E-state index contributed by atoms with van der Waals surface area (Å²) in [5.41, 5.74) is -0.644. The quantitative estimate of drug-likeness (QED) is 0.655. The molecule has 3 aliphatic rings. The summed E-state index contributed by atoms with van der Waals surface area (Å²) in [6.07, 6.45) is 5.67. The molecule has 3 fully saturated rings. The molecule has 2 heterocycles. The number of hydrogen-bond acceptors (Lipinski definition) is 5. The van der Waals surface area contributed by atoms with Gasteiger partial charge in [0.15, 0.2) is 0 Å². The van der Waals surface area contributed by atoms with Crippen LogP contribution in [0.1, 0.15) is 63.4 Å². The Hall–Kier alpha value is -2.90. The molecular weight excluding hydrogens is 410 g/mol. The fourth-order valence-electron chi connectivity index (χ4n) is 5.27. The third-order valence-electron chi connectivity index (χ3n) is 7.02. The molecule has 1 aliphatic carbocycles. The second-order valence-electron chi connectivity index (χ2n) is 9.08. The SMILES string of the molecule is COc1ccc([C@@]2(CC(=O)N[C@H]3CCCCNC3=O)CC(=O)N(C3CCCC3)C2=O)cc1. The van der Waals surface area contributed by atoms with Crippen molar-refractivity contribution in [3.63, 3.8) is 0 Å². The van der Waals surface area contributed by atoms with Crippen molar-refractivity contribution >= 4 is 23.6 Å². The van der Waals surface area contributed by atoms with E-state index in [1.54, 1.807) is 31.4 Å². The molecule has 2 saturated heterocycles. The Balaban J connectivity index is 1.62. The molecule has 1 saturated carbocycles. The second-order valence-corrected chi connectivity index (χ2v) is 9.08. The molecule has 0 spiro atoms. The van der Waals surface area contributed by atoms with Crippen LogP contribution >= 0.6 is 0 Å². The highest BCUT2D eigenvalue weighted by molar-refractivity contribution is 6.11. The Bertz CT molecular complexity index is 893. The Morgan fingerprint density at radius 3 is 2.47 bits per heavy atom. The maximum absolute atomic E-state index is 13.7. The molecule has 1 aromatic rings. The van der Waals surface area contributed by atoms with Gasteiger partial charge in [-0.05, 0) is 49.8 Å². The van der Waals surface area contributed by atoms with E-state index in [0.717, 1.165) is 38.5 Å². The lowest BCUT2D eigenvalue weighted by Crippen LogP contribution is -2.49. The number of rotatable bonds is 6. The summed E-state index contributed by atoms with van der Waals surface area (Å²) in [6.45, 7) is 0.602. The fourth-order valence-corrected chi connectivity index (χ4v) is 5.27. The Morgan fingerprint density at radius 1 is 1.09 bits per heavy atom. The molecule has 4 amide bonds. The smallest absolute Gasteiger partial charge is 0.242 e. The molecule has 2 N–H and O–H groups in total. The van der Waals surface area contributed by atoms with Gasteiger partial charge >= 0.3 is 0 Å². The molecule has 8 nitrogen and oxygen atoms in total. The summed E-state index contributed by atoms with van der Waals surface area (Å²) >= 11 is 0. The molecule has 0 aromatic heterocycles. The van der Waals surface area contributed by atoms with E-state index in [1.807, 2.05) is 0 Å². The van der Waals surface area contributed by atoms with E-state index in [1.165, 1.54) is 4.90 Å². The number of ether oxygens (including phenoxy) is 1. The molecule has 1 aromatic carbocycles. The molecule has 0 radical (unpaired) electrons. The Morgan fingerprint density at radius 2 is 1.78 bits per heavy atom. The molecule has 32 heavy (non-hydrogen) atoms. The average Bonchev–Trinajstić information content (AvgIpc) is 3.33. The number of carbonyl (C=O) groups excluding carboxylic acids is 4. The van der Waals surface area contributed by atoms with Gasteiger partial charge in [0.25, 0.3) is 0 Å². The van der Waals surface area contributed by atoms with Crippen molar-refractivity contribution in [1.29, 1.82) is 0 Å². The van der Waals surface area contributed by atoms with E-state index in [-0.39, 0.29) is 36.6 Å². The van der Waals surface area contributed by atoms with Crippen molar-refractivity contribution in [3.8, 4) is 5.75 Å². The zero-order chi connectivity index (χ0) is 22.7. The number of benzene rings is 1. The van der Waals surface area contributed by atoms with Gasteiger partial charge in [-0.3, -0.25) is 24.1 Å². The van der Waals surface area contributed by atoms with Crippen LogP contribution in [0.2, 0.25) is 0 Å². The van der Waals surface area contributed by atoms with Crippen LogP contribution in [0.5, 0.6) is 5.75 Å². The van der Waals surface area contributed by atoms with Gasteiger partial charge < -0.3 is 15.4 Å². The van der Waals surface area contributed by atoms with E-state index in [4.69, 9.17) is 4.74 Å². The highest BCUT2D eigenvalue weighted by atomic mass is 16.5. The normalized spacial score (nSPS) is 26.7. The third kappa shape index (κ3) is 4.23. The Labute approximate surface area is 188 Å². The number of methoxy groups -OCH3 is 1. The van der Waals surface area contributed by atoms with Crippen molar-refractivity contribution < 1.29 is 23.9 Å². The highest BCUT2D eigenvalue weighted by Gasteiger charge is 2.55. The first-order chi connectivity index (χ1) is 15.4. The first-order valence-electron chi connectivity index (χ1n) is 11.5. The third-order valence-corrected chi connectivity index (χ3v) is 7.02. The van der Waals surface area contributed by atoms with Gasteiger partial charge in [0, 0.05) is 25.4 Å². The molecule has 172 valence electrons. The van der Waals surface area contributed by atoms with Crippen molar-refractivity contribution in [2.75, 3.05) is 13.7 Å². The summed E-state index contributed by atoms with van der Waals surface area (Å²) < 4.78 is 5.23. The maximum atomic E-state index is 13.7. The van der Waals surface area contributed by atoms with Gasteiger partial charge in [0.2, 0.25) is 23.6 Å². The minimum absolute atomic E-state index is 0.0427. The lowest BCUT2D eigenvalue weighted by Gasteiger charge is -2.29. The van der Waals surface area contributed by atoms with Gasteiger partial charge in [-0.15, -0.1) is 0 Å². The number of imide groups is 1. The molecule has 0 bridgehead atoms. The topological polar surface area (TPSA) is 105 Å². The molecule has 2 atom stereocenters. The van der Waals surface area contributed by atoms with E-state index < -0.39 is 17.4 Å². The van der Waals surface area contributed by atoms with Crippen molar-refractivity contribution in [3.05, 3.63) is 29.8 Å². The summed E-state index contributed by atoms with van der Waals surface area (Å²) in [4.78, 5) is 53.6. The van der Waals surface area contributed by atoms with Crippen LogP contribution in [0.25, 0.3) is 0 Å². The number of carbonyl (C=O) groups is 4. The minimum atomic E-state index is -1.27. The number of nitrogens with one attached hydrogen (secondary N) is 2. The second kappa shape index (κ2) is 9.30. The first-order valence-corrected chi connectivity index (χ1v) is 11.5. The summed E-state index contributed by atoms with van der Waals surface area (Å²) in [5, 5.41) is 5.63. The maximum Gasteiger partial charge on any atom is 0.242 e. The number of amides is 4. The van der Waals surface area contributed by atoms with Crippen molar-refractivity contribution in [2.45, 2.75) is 75.3 Å². The standard InChI is InChI=1S/C24H31N3O5/c1-32-18-11-9-16(10-12-18)24(14-20(28)26-19-8-4-5-13-25-22(19)30)15-21(29)27(23(24)31)17-6-2-3-7-17/h9-12,17,19H,2-8,13-15H2,1H3,(H,25,30)(H,26,28)/t19-,24+/m0/s1. The number of nitrogens with zero attached hydrogens (tertiary/aromatic N) is 1. The van der Waals surface area contributed by atoms with Crippen LogP contribution in [0.3, 0.4) is 0 Å². The summed E-state index contributed by atoms with van der Waals surface area (Å²) in [5.74, 6) is -0.487. The zero-order valence-corrected chi connectivity index (χ0v) is 18.5. The Kier molecular flexibility index (Phi) is 6.48.